The van der Waals surface area contributed by atoms with E-state index in [4.69, 9.17) is 10.8 Å². The number of thiophene rings is 1. The first kappa shape index (κ1) is 14.4. The number of anilines is 2. The van der Waals surface area contributed by atoms with Crippen LogP contribution in [0.15, 0.2) is 34.5 Å². The molecule has 0 aliphatic carbocycles. The number of nitrogens with one attached hydrogen (secondary N) is 1. The van der Waals surface area contributed by atoms with Crippen LogP contribution in [0.25, 0.3) is 0 Å². The molecule has 0 saturated heterocycles. The second kappa shape index (κ2) is 5.14. The van der Waals surface area contributed by atoms with Gasteiger partial charge in [-0.1, -0.05) is 0 Å². The highest BCUT2D eigenvalue weighted by Crippen LogP contribution is 2.26. The van der Waals surface area contributed by atoms with Crippen LogP contribution in [0.1, 0.15) is 15.2 Å². The fraction of sp³-hybridized carbons (Fsp3) is 0.0833. The topological polar surface area (TPSA) is 109 Å². The molecule has 0 unspecified atom stereocenters. The minimum absolute atomic E-state index is 0.0523. The Balaban J connectivity index is 2.44. The average molecular weight is 312 g/mol. The van der Waals surface area contributed by atoms with Crippen LogP contribution in [0.3, 0.4) is 0 Å². The monoisotopic (exact) mass is 312 g/mol. The van der Waals surface area contributed by atoms with Crippen molar-refractivity contribution in [2.75, 3.05) is 10.5 Å². The first-order chi connectivity index (χ1) is 9.29. The minimum atomic E-state index is -3.82. The smallest absolute Gasteiger partial charge is 0.337 e. The third-order valence-corrected chi connectivity index (χ3v) is 5.36. The van der Waals surface area contributed by atoms with Crippen LogP contribution < -0.4 is 10.5 Å². The number of hydrogen-bond acceptors (Lipinski definition) is 5. The summed E-state index contributed by atoms with van der Waals surface area (Å²) in [6.07, 6.45) is 0. The van der Waals surface area contributed by atoms with Crippen LogP contribution >= 0.6 is 11.3 Å². The summed E-state index contributed by atoms with van der Waals surface area (Å²) < 4.78 is 26.7. The van der Waals surface area contributed by atoms with E-state index in [0.29, 0.717) is 0 Å². The SMILES string of the molecule is Cc1ccc(S(=O)(=O)Nc2cc(N)ccc2C(=O)O)s1. The van der Waals surface area contributed by atoms with E-state index < -0.39 is 16.0 Å². The molecule has 1 aromatic heterocycles. The second-order valence-corrected chi connectivity index (χ2v) is 7.28. The molecule has 6 nitrogen and oxygen atoms in total. The molecule has 0 amide bonds. The van der Waals surface area contributed by atoms with Gasteiger partial charge in [-0.3, -0.25) is 4.72 Å². The number of benzene rings is 1. The molecular formula is C12H12N2O4S2. The number of carboxylic acid groups (broad SMARTS) is 1. The standard InChI is InChI=1S/C12H12N2O4S2/c1-7-2-5-11(19-7)20(17,18)14-10-6-8(13)3-4-9(10)12(15)16/h2-6,14H,13H2,1H3,(H,15,16). The summed E-state index contributed by atoms with van der Waals surface area (Å²) in [6, 6.07) is 7.08. The van der Waals surface area contributed by atoms with E-state index in [0.717, 1.165) is 16.2 Å². The van der Waals surface area contributed by atoms with Gasteiger partial charge in [0, 0.05) is 10.6 Å². The van der Waals surface area contributed by atoms with Crippen LogP contribution in [-0.2, 0) is 10.0 Å². The fourth-order valence-corrected chi connectivity index (χ4v) is 3.94. The van der Waals surface area contributed by atoms with Gasteiger partial charge in [0.25, 0.3) is 10.0 Å². The van der Waals surface area contributed by atoms with Gasteiger partial charge < -0.3 is 10.8 Å². The maximum Gasteiger partial charge on any atom is 0.337 e. The summed E-state index contributed by atoms with van der Waals surface area (Å²) >= 11 is 1.10. The number of aromatic carboxylic acids is 1. The summed E-state index contributed by atoms with van der Waals surface area (Å²) in [5.74, 6) is -1.23. The zero-order valence-electron chi connectivity index (χ0n) is 10.5. The van der Waals surface area contributed by atoms with Crippen LogP contribution in [0.2, 0.25) is 0 Å². The molecule has 20 heavy (non-hydrogen) atoms. The van der Waals surface area contributed by atoms with E-state index in [1.165, 1.54) is 24.3 Å². The Labute approximate surface area is 119 Å². The van der Waals surface area contributed by atoms with Crippen molar-refractivity contribution in [1.82, 2.24) is 0 Å². The van der Waals surface area contributed by atoms with Gasteiger partial charge in [-0.2, -0.15) is 0 Å². The average Bonchev–Trinajstić information content (AvgIpc) is 2.75. The molecule has 0 bridgehead atoms. The van der Waals surface area contributed by atoms with Gasteiger partial charge in [0.1, 0.15) is 4.21 Å². The maximum atomic E-state index is 12.2. The van der Waals surface area contributed by atoms with Gasteiger partial charge in [0.15, 0.2) is 0 Å². The Morgan fingerprint density at radius 3 is 2.55 bits per heavy atom. The molecule has 2 aromatic rings. The summed E-state index contributed by atoms with van der Waals surface area (Å²) in [6.45, 7) is 1.78. The first-order valence-corrected chi connectivity index (χ1v) is 7.81. The molecule has 0 spiro atoms. The van der Waals surface area contributed by atoms with Crippen molar-refractivity contribution >= 4 is 38.7 Å². The van der Waals surface area contributed by atoms with Crippen molar-refractivity contribution in [3.05, 3.63) is 40.8 Å². The van der Waals surface area contributed by atoms with E-state index in [-0.39, 0.29) is 21.1 Å². The number of aryl methyl sites for hydroxylation is 1. The normalized spacial score (nSPS) is 11.2. The Bertz CT molecular complexity index is 766. The van der Waals surface area contributed by atoms with Crippen molar-refractivity contribution in [3.63, 3.8) is 0 Å². The van der Waals surface area contributed by atoms with Gasteiger partial charge >= 0.3 is 5.97 Å². The number of nitrogens with two attached hydrogens (primary N) is 1. The van der Waals surface area contributed by atoms with Gasteiger partial charge in [-0.05, 0) is 37.3 Å². The zero-order valence-corrected chi connectivity index (χ0v) is 12.1. The molecule has 0 fully saturated rings. The van der Waals surface area contributed by atoms with Gasteiger partial charge in [-0.25, -0.2) is 13.2 Å². The van der Waals surface area contributed by atoms with Crippen molar-refractivity contribution in [2.24, 2.45) is 0 Å². The van der Waals surface area contributed by atoms with Gasteiger partial charge in [0.2, 0.25) is 0 Å². The largest absolute Gasteiger partial charge is 0.478 e. The molecule has 1 aromatic carbocycles. The fourth-order valence-electron chi connectivity index (χ4n) is 1.58. The minimum Gasteiger partial charge on any atom is -0.478 e. The highest BCUT2D eigenvalue weighted by atomic mass is 32.2. The van der Waals surface area contributed by atoms with E-state index in [9.17, 15) is 13.2 Å². The molecular weight excluding hydrogens is 300 g/mol. The van der Waals surface area contributed by atoms with Crippen molar-refractivity contribution in [1.29, 1.82) is 0 Å². The number of sulfonamides is 1. The van der Waals surface area contributed by atoms with E-state index >= 15 is 0 Å². The predicted molar refractivity (Wildman–Crippen MR) is 77.7 cm³/mol. The summed E-state index contributed by atoms with van der Waals surface area (Å²) in [7, 11) is -3.82. The maximum absolute atomic E-state index is 12.2. The molecule has 1 heterocycles. The molecule has 0 aliphatic rings. The molecule has 0 atom stereocenters. The molecule has 0 aliphatic heterocycles. The Kier molecular flexibility index (Phi) is 3.69. The summed E-state index contributed by atoms with van der Waals surface area (Å²) in [5, 5.41) is 9.06. The van der Waals surface area contributed by atoms with Crippen molar-refractivity contribution in [2.45, 2.75) is 11.1 Å². The Morgan fingerprint density at radius 2 is 2.00 bits per heavy atom. The molecule has 4 N–H and O–H groups in total. The molecule has 2 rings (SSSR count). The number of rotatable bonds is 4. The lowest BCUT2D eigenvalue weighted by Crippen LogP contribution is -2.14. The molecule has 106 valence electrons. The van der Waals surface area contributed by atoms with Crippen LogP contribution in [0, 0.1) is 6.92 Å². The summed E-state index contributed by atoms with van der Waals surface area (Å²) in [5.41, 5.74) is 5.63. The molecule has 0 radical (unpaired) electrons. The first-order valence-electron chi connectivity index (χ1n) is 5.51. The number of carboxylic acids is 1. The lowest BCUT2D eigenvalue weighted by atomic mass is 10.1. The van der Waals surface area contributed by atoms with Crippen LogP contribution in [0.4, 0.5) is 11.4 Å². The molecule has 0 saturated carbocycles. The van der Waals surface area contributed by atoms with Crippen LogP contribution in [0.5, 0.6) is 0 Å². The highest BCUT2D eigenvalue weighted by molar-refractivity contribution is 7.94. The lowest BCUT2D eigenvalue weighted by Gasteiger charge is -2.10. The van der Waals surface area contributed by atoms with Crippen molar-refractivity contribution < 1.29 is 18.3 Å². The zero-order chi connectivity index (χ0) is 14.9. The quantitative estimate of drug-likeness (QED) is 0.749. The third-order valence-electron chi connectivity index (χ3n) is 2.50. The predicted octanol–water partition coefficient (Wildman–Crippen LogP) is 2.14. The third kappa shape index (κ3) is 2.91. The van der Waals surface area contributed by atoms with Crippen LogP contribution in [-0.4, -0.2) is 19.5 Å². The highest BCUT2D eigenvalue weighted by Gasteiger charge is 2.20. The summed E-state index contributed by atoms with van der Waals surface area (Å²) in [4.78, 5) is 11.9. The number of hydrogen-bond donors (Lipinski definition) is 3. The van der Waals surface area contributed by atoms with Crippen molar-refractivity contribution in [3.8, 4) is 0 Å². The number of carbonyl (C=O) groups is 1. The van der Waals surface area contributed by atoms with E-state index in [1.54, 1.807) is 13.0 Å². The van der Waals surface area contributed by atoms with E-state index in [2.05, 4.69) is 4.72 Å². The Hall–Kier alpha value is -2.06. The lowest BCUT2D eigenvalue weighted by molar-refractivity contribution is 0.0698. The van der Waals surface area contributed by atoms with Gasteiger partial charge in [0.05, 0.1) is 11.3 Å². The second-order valence-electron chi connectivity index (χ2n) is 4.08. The van der Waals surface area contributed by atoms with Gasteiger partial charge in [-0.15, -0.1) is 11.3 Å². The molecule has 8 heteroatoms. The number of nitrogen functional groups attached to an aromatic ring is 1. The van der Waals surface area contributed by atoms with E-state index in [1.807, 2.05) is 0 Å². The Morgan fingerprint density at radius 1 is 1.30 bits per heavy atom.